The van der Waals surface area contributed by atoms with Crippen molar-refractivity contribution in [3.05, 3.63) is 29.6 Å². The monoisotopic (exact) mass is 276 g/mol. The summed E-state index contributed by atoms with van der Waals surface area (Å²) < 4.78 is 36.9. The van der Waals surface area contributed by atoms with Crippen LogP contribution in [-0.4, -0.2) is 40.4 Å². The molecule has 1 aliphatic rings. The van der Waals surface area contributed by atoms with E-state index in [0.29, 0.717) is 13.1 Å². The van der Waals surface area contributed by atoms with Gasteiger partial charge in [0.1, 0.15) is 5.69 Å². The largest absolute Gasteiger partial charge is 0.433 e. The molecule has 7 heteroatoms. The van der Waals surface area contributed by atoms with Gasteiger partial charge in [-0.2, -0.15) is 24.9 Å². The number of halogens is 3. The predicted octanol–water partition coefficient (Wildman–Crippen LogP) is 2.29. The average molecular weight is 276 g/mol. The molecule has 0 N–H and O–H groups in total. The molecule has 2 rings (SSSR count). The van der Waals surface area contributed by atoms with Gasteiger partial charge < -0.3 is 4.90 Å². The molecule has 0 bridgehead atoms. The molecule has 0 saturated carbocycles. The number of carbonyl (C=O) groups is 1. The minimum Gasteiger partial charge on any atom is -0.337 e. The van der Waals surface area contributed by atoms with Crippen LogP contribution in [0.5, 0.6) is 0 Å². The van der Waals surface area contributed by atoms with Crippen molar-refractivity contribution in [3.63, 3.8) is 0 Å². The lowest BCUT2D eigenvalue weighted by Gasteiger charge is -2.26. The van der Waals surface area contributed by atoms with Gasteiger partial charge in [0.15, 0.2) is 0 Å². The van der Waals surface area contributed by atoms with Gasteiger partial charge in [0.25, 0.3) is 5.91 Å². The summed E-state index contributed by atoms with van der Waals surface area (Å²) in [7, 11) is 0. The summed E-state index contributed by atoms with van der Waals surface area (Å²) in [6.45, 7) is 1.26. The number of alkyl halides is 3. The lowest BCUT2D eigenvalue weighted by molar-refractivity contribution is -0.141. The molecule has 98 valence electrons. The first-order valence-electron chi connectivity index (χ1n) is 5.39. The topological polar surface area (TPSA) is 33.2 Å². The Morgan fingerprint density at radius 2 is 1.94 bits per heavy atom. The number of carbonyl (C=O) groups excluding carboxylic acids is 1. The SMILES string of the molecule is O=C(c1ccc(C(F)(F)F)nc1)N1CCSCC1. The summed E-state index contributed by atoms with van der Waals surface area (Å²) in [4.78, 5) is 16.9. The van der Waals surface area contributed by atoms with Crippen LogP contribution in [0.1, 0.15) is 16.1 Å². The zero-order chi connectivity index (χ0) is 13.2. The van der Waals surface area contributed by atoms with Crippen LogP contribution in [0.2, 0.25) is 0 Å². The molecule has 1 amide bonds. The third-order valence-electron chi connectivity index (χ3n) is 2.60. The van der Waals surface area contributed by atoms with Crippen LogP contribution in [0.3, 0.4) is 0 Å². The van der Waals surface area contributed by atoms with E-state index < -0.39 is 11.9 Å². The highest BCUT2D eigenvalue weighted by atomic mass is 32.2. The van der Waals surface area contributed by atoms with Crippen molar-refractivity contribution < 1.29 is 18.0 Å². The van der Waals surface area contributed by atoms with Crippen LogP contribution in [0.4, 0.5) is 13.2 Å². The van der Waals surface area contributed by atoms with Crippen molar-refractivity contribution in [3.8, 4) is 0 Å². The van der Waals surface area contributed by atoms with E-state index in [0.717, 1.165) is 23.8 Å². The van der Waals surface area contributed by atoms with E-state index in [1.807, 2.05) is 0 Å². The zero-order valence-electron chi connectivity index (χ0n) is 9.41. The Bertz CT molecular complexity index is 427. The molecule has 1 aliphatic heterocycles. The standard InChI is InChI=1S/C11H11F3N2OS/c12-11(13,14)9-2-1-8(7-15-9)10(17)16-3-5-18-6-4-16/h1-2,7H,3-6H2. The fourth-order valence-corrected chi connectivity index (χ4v) is 2.54. The van der Waals surface area contributed by atoms with Gasteiger partial charge >= 0.3 is 6.18 Å². The van der Waals surface area contributed by atoms with Crippen LogP contribution in [-0.2, 0) is 6.18 Å². The number of pyridine rings is 1. The van der Waals surface area contributed by atoms with Crippen LogP contribution in [0.25, 0.3) is 0 Å². The first-order chi connectivity index (χ1) is 8.48. The molecular formula is C11H11F3N2OS. The van der Waals surface area contributed by atoms with Crippen molar-refractivity contribution in [1.82, 2.24) is 9.88 Å². The highest BCUT2D eigenvalue weighted by molar-refractivity contribution is 7.99. The number of hydrogen-bond acceptors (Lipinski definition) is 3. The number of amides is 1. The smallest absolute Gasteiger partial charge is 0.337 e. The van der Waals surface area contributed by atoms with Crippen LogP contribution >= 0.6 is 11.8 Å². The summed E-state index contributed by atoms with van der Waals surface area (Å²) in [5.41, 5.74) is -0.775. The van der Waals surface area contributed by atoms with E-state index in [2.05, 4.69) is 4.98 Å². The molecule has 0 atom stereocenters. The van der Waals surface area contributed by atoms with Crippen LogP contribution < -0.4 is 0 Å². The van der Waals surface area contributed by atoms with Crippen molar-refractivity contribution >= 4 is 17.7 Å². The predicted molar refractivity (Wildman–Crippen MR) is 62.5 cm³/mol. The molecule has 1 fully saturated rings. The maximum atomic E-state index is 12.3. The zero-order valence-corrected chi connectivity index (χ0v) is 10.2. The third-order valence-corrected chi connectivity index (χ3v) is 3.54. The molecule has 3 nitrogen and oxygen atoms in total. The summed E-state index contributed by atoms with van der Waals surface area (Å²) in [5, 5.41) is 0. The number of hydrogen-bond donors (Lipinski definition) is 0. The van der Waals surface area contributed by atoms with Gasteiger partial charge in [0.2, 0.25) is 0 Å². The number of aromatic nitrogens is 1. The first-order valence-corrected chi connectivity index (χ1v) is 6.54. The highest BCUT2D eigenvalue weighted by Gasteiger charge is 2.32. The lowest BCUT2D eigenvalue weighted by atomic mass is 10.2. The van der Waals surface area contributed by atoms with Gasteiger partial charge in [0.05, 0.1) is 5.56 Å². The number of nitrogens with zero attached hydrogens (tertiary/aromatic N) is 2. The first kappa shape index (κ1) is 13.2. The van der Waals surface area contributed by atoms with Crippen molar-refractivity contribution in [2.75, 3.05) is 24.6 Å². The molecule has 0 radical (unpaired) electrons. The van der Waals surface area contributed by atoms with Gasteiger partial charge in [-0.05, 0) is 12.1 Å². The Labute approximate surface area is 106 Å². The Hall–Kier alpha value is -1.24. The average Bonchev–Trinajstić information content (AvgIpc) is 2.38. The van der Waals surface area contributed by atoms with Gasteiger partial charge in [-0.3, -0.25) is 9.78 Å². The molecular weight excluding hydrogens is 265 g/mol. The molecule has 0 spiro atoms. The van der Waals surface area contributed by atoms with Gasteiger partial charge in [0, 0.05) is 30.8 Å². The lowest BCUT2D eigenvalue weighted by Crippen LogP contribution is -2.37. The molecule has 2 heterocycles. The number of rotatable bonds is 1. The second-order valence-corrected chi connectivity index (χ2v) is 5.06. The highest BCUT2D eigenvalue weighted by Crippen LogP contribution is 2.27. The van der Waals surface area contributed by atoms with Crippen LogP contribution in [0, 0.1) is 0 Å². The molecule has 18 heavy (non-hydrogen) atoms. The maximum Gasteiger partial charge on any atom is 0.433 e. The Balaban J connectivity index is 2.11. The molecule has 0 aliphatic carbocycles. The van der Waals surface area contributed by atoms with E-state index in [9.17, 15) is 18.0 Å². The van der Waals surface area contributed by atoms with Gasteiger partial charge in [-0.1, -0.05) is 0 Å². The van der Waals surface area contributed by atoms with Crippen LogP contribution in [0.15, 0.2) is 18.3 Å². The quantitative estimate of drug-likeness (QED) is 0.789. The Kier molecular flexibility index (Phi) is 3.79. The second kappa shape index (κ2) is 5.17. The molecule has 1 aromatic rings. The molecule has 0 unspecified atom stereocenters. The number of thioether (sulfide) groups is 1. The van der Waals surface area contributed by atoms with E-state index in [1.165, 1.54) is 6.07 Å². The Morgan fingerprint density at radius 3 is 2.44 bits per heavy atom. The minimum atomic E-state index is -4.47. The fraction of sp³-hybridized carbons (Fsp3) is 0.455. The summed E-state index contributed by atoms with van der Waals surface area (Å²) in [6.07, 6.45) is -3.48. The minimum absolute atomic E-state index is 0.204. The van der Waals surface area contributed by atoms with Crippen molar-refractivity contribution in [1.29, 1.82) is 0 Å². The Morgan fingerprint density at radius 1 is 1.28 bits per heavy atom. The van der Waals surface area contributed by atoms with Crippen molar-refractivity contribution in [2.24, 2.45) is 0 Å². The second-order valence-electron chi connectivity index (χ2n) is 3.83. The summed E-state index contributed by atoms with van der Waals surface area (Å²) in [5.74, 6) is 1.47. The van der Waals surface area contributed by atoms with Gasteiger partial charge in [-0.25, -0.2) is 0 Å². The molecule has 1 aromatic heterocycles. The van der Waals surface area contributed by atoms with E-state index in [1.54, 1.807) is 16.7 Å². The summed E-state index contributed by atoms with van der Waals surface area (Å²) >= 11 is 1.76. The molecule has 0 aromatic carbocycles. The fourth-order valence-electron chi connectivity index (χ4n) is 1.64. The summed E-state index contributed by atoms with van der Waals surface area (Å²) in [6, 6.07) is 2.02. The van der Waals surface area contributed by atoms with E-state index in [-0.39, 0.29) is 11.5 Å². The van der Waals surface area contributed by atoms with Gasteiger partial charge in [-0.15, -0.1) is 0 Å². The normalized spacial score (nSPS) is 16.7. The van der Waals surface area contributed by atoms with E-state index in [4.69, 9.17) is 0 Å². The van der Waals surface area contributed by atoms with Crippen molar-refractivity contribution in [2.45, 2.75) is 6.18 Å². The van der Waals surface area contributed by atoms with E-state index >= 15 is 0 Å². The third kappa shape index (κ3) is 2.95. The maximum absolute atomic E-state index is 12.3. The molecule has 1 saturated heterocycles.